The monoisotopic (exact) mass is 545 g/mol. The molecule has 1 amide bonds. The Morgan fingerprint density at radius 1 is 1.19 bits per heavy atom. The highest BCUT2D eigenvalue weighted by Crippen LogP contribution is 2.33. The van der Waals surface area contributed by atoms with E-state index in [1.54, 1.807) is 29.6 Å². The number of carbonyl (C=O) groups is 1. The average Bonchev–Trinajstić information content (AvgIpc) is 3.38. The third kappa shape index (κ3) is 7.17. The van der Waals surface area contributed by atoms with Gasteiger partial charge in [-0.15, -0.1) is 31.1 Å². The lowest BCUT2D eigenvalue weighted by Gasteiger charge is -2.33. The van der Waals surface area contributed by atoms with Crippen LogP contribution in [0.1, 0.15) is 47.1 Å². The Hall–Kier alpha value is -3.24. The third-order valence-corrected chi connectivity index (χ3v) is 7.56. The van der Waals surface area contributed by atoms with Gasteiger partial charge in [0, 0.05) is 42.1 Å². The van der Waals surface area contributed by atoms with Crippen LogP contribution in [0.2, 0.25) is 0 Å². The van der Waals surface area contributed by atoms with Gasteiger partial charge in [0.2, 0.25) is 0 Å². The minimum absolute atomic E-state index is 0.287. The van der Waals surface area contributed by atoms with Gasteiger partial charge >= 0.3 is 6.36 Å². The van der Waals surface area contributed by atoms with Gasteiger partial charge in [-0.1, -0.05) is 48.6 Å². The van der Waals surface area contributed by atoms with Gasteiger partial charge in [0.1, 0.15) is 11.4 Å². The molecule has 0 radical (unpaired) electrons. The van der Waals surface area contributed by atoms with E-state index in [9.17, 15) is 18.0 Å². The Bertz CT molecular complexity index is 1250. The standard InChI is InChI=1S/C27H26F3N3O2S2/c1-2-3-8-24(36)33-15-13-19(14-16-33)26-32-23(17-37-26)25(34)31-22-7-5-4-6-21(22)18-9-11-20(12-10-18)35-27(28,29)30/h2,4-7,9-12,17,19H,1,3,8,13-16H2,(H,31,34). The number of ether oxygens (including phenoxy) is 1. The fraction of sp³-hybridized carbons (Fsp3) is 0.296. The van der Waals surface area contributed by atoms with Gasteiger partial charge < -0.3 is 15.0 Å². The first kappa shape index (κ1) is 26.8. The summed E-state index contributed by atoms with van der Waals surface area (Å²) in [5.74, 6) is -0.359. The number of nitrogens with zero attached hydrogens (tertiary/aromatic N) is 2. The molecule has 1 N–H and O–H groups in total. The molecule has 194 valence electrons. The number of thiazole rings is 1. The Morgan fingerprint density at radius 2 is 1.89 bits per heavy atom. The molecule has 1 aromatic heterocycles. The molecule has 1 saturated heterocycles. The lowest BCUT2D eigenvalue weighted by atomic mass is 9.97. The fourth-order valence-electron chi connectivity index (χ4n) is 4.21. The van der Waals surface area contributed by atoms with E-state index in [2.05, 4.69) is 26.5 Å². The second kappa shape index (κ2) is 11.9. The SMILES string of the molecule is C=CCCC(=S)N1CCC(c2nc(C(=O)Nc3ccccc3-c3ccc(OC(F)(F)F)cc3)cs2)CC1. The Balaban J connectivity index is 1.40. The molecule has 2 aromatic carbocycles. The van der Waals surface area contributed by atoms with Crippen LogP contribution < -0.4 is 10.1 Å². The van der Waals surface area contributed by atoms with Crippen LogP contribution in [-0.2, 0) is 0 Å². The maximum Gasteiger partial charge on any atom is 0.573 e. The van der Waals surface area contributed by atoms with Gasteiger partial charge in [-0.25, -0.2) is 4.98 Å². The van der Waals surface area contributed by atoms with Gasteiger partial charge in [-0.3, -0.25) is 4.79 Å². The number of hydrogen-bond donors (Lipinski definition) is 1. The van der Waals surface area contributed by atoms with Gasteiger partial charge in [0.15, 0.2) is 0 Å². The van der Waals surface area contributed by atoms with Crippen molar-refractivity contribution in [2.24, 2.45) is 0 Å². The molecule has 1 fully saturated rings. The number of para-hydroxylation sites is 1. The number of hydrogen-bond acceptors (Lipinski definition) is 5. The zero-order valence-corrected chi connectivity index (χ0v) is 21.6. The van der Waals surface area contributed by atoms with E-state index in [0.29, 0.717) is 22.5 Å². The first-order valence-electron chi connectivity index (χ1n) is 11.8. The highest BCUT2D eigenvalue weighted by molar-refractivity contribution is 7.80. The predicted molar refractivity (Wildman–Crippen MR) is 144 cm³/mol. The summed E-state index contributed by atoms with van der Waals surface area (Å²) in [4.78, 5) is 20.8. The smallest absolute Gasteiger partial charge is 0.406 e. The maximum absolute atomic E-state index is 13.0. The molecular formula is C27H26F3N3O2S2. The predicted octanol–water partition coefficient (Wildman–Crippen LogP) is 7.43. The Kier molecular flexibility index (Phi) is 8.60. The van der Waals surface area contributed by atoms with Crippen LogP contribution in [0.3, 0.4) is 0 Å². The second-order valence-corrected chi connectivity index (χ2v) is 9.99. The molecule has 0 bridgehead atoms. The summed E-state index contributed by atoms with van der Waals surface area (Å²) in [6.07, 6.45) is 0.708. The number of piperidine rings is 1. The van der Waals surface area contributed by atoms with E-state index in [1.807, 2.05) is 6.08 Å². The topological polar surface area (TPSA) is 54.5 Å². The lowest BCUT2D eigenvalue weighted by molar-refractivity contribution is -0.274. The summed E-state index contributed by atoms with van der Waals surface area (Å²) >= 11 is 7.01. The number of halogens is 3. The second-order valence-electron chi connectivity index (χ2n) is 8.63. The highest BCUT2D eigenvalue weighted by Gasteiger charge is 2.31. The molecule has 0 atom stereocenters. The molecule has 0 spiro atoms. The molecule has 5 nitrogen and oxygen atoms in total. The summed E-state index contributed by atoms with van der Waals surface area (Å²) in [6.45, 7) is 5.50. The molecule has 4 rings (SSSR count). The number of amides is 1. The molecule has 10 heteroatoms. The summed E-state index contributed by atoms with van der Waals surface area (Å²) in [6, 6.07) is 12.6. The number of alkyl halides is 3. The third-order valence-electron chi connectivity index (χ3n) is 6.09. The summed E-state index contributed by atoms with van der Waals surface area (Å²) < 4.78 is 41.3. The van der Waals surface area contributed by atoms with Crippen molar-refractivity contribution in [3.63, 3.8) is 0 Å². The number of nitrogens with one attached hydrogen (secondary N) is 1. The number of aromatic nitrogens is 1. The summed E-state index contributed by atoms with van der Waals surface area (Å²) in [5.41, 5.74) is 2.19. The number of likely N-dealkylation sites (tertiary alicyclic amines) is 1. The first-order valence-corrected chi connectivity index (χ1v) is 13.1. The van der Waals surface area contributed by atoms with E-state index >= 15 is 0 Å². The molecular weight excluding hydrogens is 519 g/mol. The van der Waals surface area contributed by atoms with Crippen molar-refractivity contribution in [3.05, 3.63) is 77.3 Å². The number of anilines is 1. The average molecular weight is 546 g/mol. The van der Waals surface area contributed by atoms with Crippen molar-refractivity contribution in [1.82, 2.24) is 9.88 Å². The van der Waals surface area contributed by atoms with Crippen molar-refractivity contribution in [2.45, 2.75) is 38.0 Å². The van der Waals surface area contributed by atoms with Gasteiger partial charge in [0.25, 0.3) is 5.91 Å². The number of benzene rings is 2. The van der Waals surface area contributed by atoms with Crippen LogP contribution in [0.25, 0.3) is 11.1 Å². The van der Waals surface area contributed by atoms with Crippen molar-refractivity contribution >= 4 is 40.1 Å². The van der Waals surface area contributed by atoms with Crippen LogP contribution in [0.15, 0.2) is 66.6 Å². The van der Waals surface area contributed by atoms with Crippen LogP contribution in [0.4, 0.5) is 18.9 Å². The largest absolute Gasteiger partial charge is 0.573 e. The van der Waals surface area contributed by atoms with E-state index in [1.165, 1.54) is 35.6 Å². The minimum Gasteiger partial charge on any atom is -0.406 e. The lowest BCUT2D eigenvalue weighted by Crippen LogP contribution is -2.36. The normalized spacial score (nSPS) is 14.3. The Morgan fingerprint density at radius 3 is 2.57 bits per heavy atom. The van der Waals surface area contributed by atoms with E-state index < -0.39 is 6.36 Å². The first-order chi connectivity index (χ1) is 17.7. The van der Waals surface area contributed by atoms with Crippen molar-refractivity contribution < 1.29 is 22.7 Å². The van der Waals surface area contributed by atoms with Gasteiger partial charge in [0.05, 0.1) is 10.00 Å². The number of thiocarbonyl (C=S) groups is 1. The van der Waals surface area contributed by atoms with E-state index in [4.69, 9.17) is 12.2 Å². The van der Waals surface area contributed by atoms with Crippen LogP contribution in [0, 0.1) is 0 Å². The summed E-state index contributed by atoms with van der Waals surface area (Å²) in [7, 11) is 0. The molecule has 0 saturated carbocycles. The van der Waals surface area contributed by atoms with E-state index in [0.717, 1.165) is 48.8 Å². The van der Waals surface area contributed by atoms with Crippen LogP contribution in [-0.4, -0.2) is 40.2 Å². The van der Waals surface area contributed by atoms with Gasteiger partial charge in [-0.2, -0.15) is 0 Å². The van der Waals surface area contributed by atoms with Crippen molar-refractivity contribution in [2.75, 3.05) is 18.4 Å². The fourth-order valence-corrected chi connectivity index (χ4v) is 5.48. The van der Waals surface area contributed by atoms with Crippen molar-refractivity contribution in [3.8, 4) is 16.9 Å². The molecule has 1 aliphatic heterocycles. The summed E-state index contributed by atoms with van der Waals surface area (Å²) in [5, 5.41) is 5.60. The molecule has 37 heavy (non-hydrogen) atoms. The quantitative estimate of drug-likeness (QED) is 0.236. The zero-order chi connectivity index (χ0) is 26.4. The molecule has 0 aliphatic carbocycles. The number of carbonyl (C=O) groups excluding carboxylic acids is 1. The van der Waals surface area contributed by atoms with Gasteiger partial charge in [-0.05, 0) is 43.0 Å². The number of allylic oxidation sites excluding steroid dienone is 1. The maximum atomic E-state index is 13.0. The van der Waals surface area contributed by atoms with E-state index in [-0.39, 0.29) is 17.6 Å². The highest BCUT2D eigenvalue weighted by atomic mass is 32.1. The molecule has 1 aliphatic rings. The molecule has 2 heterocycles. The van der Waals surface area contributed by atoms with Crippen LogP contribution >= 0.6 is 23.6 Å². The zero-order valence-electron chi connectivity index (χ0n) is 20.0. The number of rotatable bonds is 8. The Labute approximate surface area is 223 Å². The molecule has 3 aromatic rings. The minimum atomic E-state index is -4.76. The molecule has 0 unspecified atom stereocenters. The van der Waals surface area contributed by atoms with Crippen LogP contribution in [0.5, 0.6) is 5.75 Å². The van der Waals surface area contributed by atoms with Crippen molar-refractivity contribution in [1.29, 1.82) is 0 Å².